The summed E-state index contributed by atoms with van der Waals surface area (Å²) in [5.41, 5.74) is 25.9. The number of rotatable bonds is 4. The van der Waals surface area contributed by atoms with Gasteiger partial charge in [0, 0.05) is 21.8 Å². The molecule has 14 rings (SSSR count). The van der Waals surface area contributed by atoms with Gasteiger partial charge in [0.25, 0.3) is 0 Å². The third kappa shape index (κ3) is 5.32. The van der Waals surface area contributed by atoms with Crippen molar-refractivity contribution in [2.24, 2.45) is 0 Å². The van der Waals surface area contributed by atoms with E-state index in [2.05, 4.69) is 205 Å². The van der Waals surface area contributed by atoms with Crippen LogP contribution in [0, 0.1) is 0 Å². The Bertz CT molecular complexity index is 3950. The van der Waals surface area contributed by atoms with Crippen molar-refractivity contribution in [1.29, 1.82) is 0 Å². The Morgan fingerprint density at radius 1 is 0.309 bits per heavy atom. The molecule has 0 radical (unpaired) electrons. The van der Waals surface area contributed by atoms with Crippen LogP contribution in [-0.4, -0.2) is 4.98 Å². The maximum atomic E-state index is 6.20. The van der Waals surface area contributed by atoms with Crippen molar-refractivity contribution in [3.8, 4) is 78.2 Å². The highest BCUT2D eigenvalue weighted by Gasteiger charge is 2.39. The van der Waals surface area contributed by atoms with Crippen molar-refractivity contribution >= 4 is 32.6 Å². The van der Waals surface area contributed by atoms with Crippen LogP contribution in [-0.2, 0) is 16.2 Å². The van der Waals surface area contributed by atoms with E-state index in [1.807, 2.05) is 24.3 Å². The molecule has 0 fully saturated rings. The van der Waals surface area contributed by atoms with E-state index in [1.54, 1.807) is 0 Å². The van der Waals surface area contributed by atoms with Gasteiger partial charge in [-0.1, -0.05) is 175 Å². The number of aromatic nitrogens is 1. The molecule has 11 aromatic rings. The predicted molar refractivity (Wildman–Crippen MR) is 283 cm³/mol. The first-order valence-electron chi connectivity index (χ1n) is 24.1. The van der Waals surface area contributed by atoms with Crippen LogP contribution < -0.4 is 0 Å². The smallest absolute Gasteiger partial charge is 0.227 e. The summed E-state index contributed by atoms with van der Waals surface area (Å²) >= 11 is 0. The van der Waals surface area contributed by atoms with Gasteiger partial charge >= 0.3 is 0 Å². The number of oxazole rings is 1. The molecule has 1 heterocycles. The van der Waals surface area contributed by atoms with E-state index in [9.17, 15) is 0 Å². The summed E-state index contributed by atoms with van der Waals surface area (Å²) in [5, 5.41) is 5.07. The van der Waals surface area contributed by atoms with E-state index in [4.69, 9.17) is 9.40 Å². The van der Waals surface area contributed by atoms with Crippen LogP contribution in [0.4, 0.5) is 0 Å². The van der Waals surface area contributed by atoms with Crippen molar-refractivity contribution in [3.05, 3.63) is 221 Å². The summed E-state index contributed by atoms with van der Waals surface area (Å²) in [6.45, 7) is 14.4. The summed E-state index contributed by atoms with van der Waals surface area (Å²) < 4.78 is 6.20. The first-order valence-corrected chi connectivity index (χ1v) is 24.1. The molecule has 324 valence electrons. The lowest BCUT2D eigenvalue weighted by Gasteiger charge is -2.26. The Morgan fingerprint density at radius 2 is 0.735 bits per heavy atom. The molecule has 0 spiro atoms. The molecular weight excluding hydrogens is 823 g/mol. The third-order valence-corrected chi connectivity index (χ3v) is 16.3. The highest BCUT2D eigenvalue weighted by atomic mass is 16.3. The van der Waals surface area contributed by atoms with Crippen LogP contribution in [0.1, 0.15) is 74.9 Å². The number of benzene rings is 10. The normalized spacial score (nSPS) is 15.3. The Kier molecular flexibility index (Phi) is 7.90. The highest BCUT2D eigenvalue weighted by molar-refractivity contribution is 6.23. The molecule has 0 N–H and O–H groups in total. The Hall–Kier alpha value is -7.81. The second-order valence-corrected chi connectivity index (χ2v) is 21.1. The van der Waals surface area contributed by atoms with Gasteiger partial charge in [0.1, 0.15) is 5.52 Å². The minimum Gasteiger partial charge on any atom is -0.436 e. The maximum Gasteiger partial charge on any atom is 0.227 e. The fraction of sp³-hybridized carbons (Fsp3) is 0.136. The molecule has 0 unspecified atom stereocenters. The van der Waals surface area contributed by atoms with Gasteiger partial charge in [-0.15, -0.1) is 0 Å². The van der Waals surface area contributed by atoms with Crippen molar-refractivity contribution in [2.45, 2.75) is 57.8 Å². The number of para-hydroxylation sites is 2. The van der Waals surface area contributed by atoms with Gasteiger partial charge in [0.05, 0.1) is 0 Å². The summed E-state index contributed by atoms with van der Waals surface area (Å²) in [6, 6.07) is 70.6. The quantitative estimate of drug-likeness (QED) is 0.165. The molecule has 2 heteroatoms. The molecule has 10 aromatic carbocycles. The lowest BCUT2D eigenvalue weighted by Crippen LogP contribution is -2.15. The molecule has 0 bridgehead atoms. The van der Waals surface area contributed by atoms with Crippen LogP contribution >= 0.6 is 0 Å². The largest absolute Gasteiger partial charge is 0.436 e. The van der Waals surface area contributed by atoms with Crippen molar-refractivity contribution in [3.63, 3.8) is 0 Å². The van der Waals surface area contributed by atoms with Crippen LogP contribution in [0.15, 0.2) is 192 Å². The number of fused-ring (bicyclic) bond motifs is 12. The fourth-order valence-electron chi connectivity index (χ4n) is 12.7. The summed E-state index contributed by atoms with van der Waals surface area (Å²) in [7, 11) is 0. The third-order valence-electron chi connectivity index (χ3n) is 16.3. The SMILES string of the molecule is CC1(C)c2ccccc2-c2ccc(-c3c4ccc(-c5ccc(-c6nc7ccccc7o6)cc5)cc4c(-c4ccc5c(c4)C(C)(C)c4ccccc4-5)c4cc5c(cc34)-c3ccccc3C5(C)C)cc21. The van der Waals surface area contributed by atoms with Gasteiger partial charge < -0.3 is 4.42 Å². The molecule has 0 atom stereocenters. The summed E-state index contributed by atoms with van der Waals surface area (Å²) in [4.78, 5) is 4.81. The van der Waals surface area contributed by atoms with Gasteiger partial charge in [-0.2, -0.15) is 0 Å². The van der Waals surface area contributed by atoms with Gasteiger partial charge in [-0.25, -0.2) is 4.98 Å². The van der Waals surface area contributed by atoms with E-state index < -0.39 is 0 Å². The molecule has 0 aliphatic heterocycles. The molecular formula is C66H49NO. The second kappa shape index (κ2) is 13.6. The molecule has 0 amide bonds. The average Bonchev–Trinajstić information content (AvgIpc) is 4.04. The number of hydrogen-bond acceptors (Lipinski definition) is 2. The average molecular weight is 872 g/mol. The second-order valence-electron chi connectivity index (χ2n) is 21.1. The minimum absolute atomic E-state index is 0.135. The molecule has 68 heavy (non-hydrogen) atoms. The fourth-order valence-corrected chi connectivity index (χ4v) is 12.7. The molecule has 0 saturated carbocycles. The highest BCUT2D eigenvalue weighted by Crippen LogP contribution is 2.56. The Labute approximate surface area is 397 Å². The zero-order chi connectivity index (χ0) is 45.8. The number of hydrogen-bond donors (Lipinski definition) is 0. The van der Waals surface area contributed by atoms with E-state index in [1.165, 1.54) is 116 Å². The van der Waals surface area contributed by atoms with Crippen molar-refractivity contribution < 1.29 is 4.42 Å². The molecule has 1 aromatic heterocycles. The van der Waals surface area contributed by atoms with Crippen LogP contribution in [0.25, 0.3) is 111 Å². The van der Waals surface area contributed by atoms with E-state index in [0.717, 1.165) is 22.2 Å². The molecule has 3 aliphatic carbocycles. The van der Waals surface area contributed by atoms with Gasteiger partial charge in [0.2, 0.25) is 5.89 Å². The Morgan fingerprint density at radius 3 is 1.32 bits per heavy atom. The van der Waals surface area contributed by atoms with Crippen molar-refractivity contribution in [2.75, 3.05) is 0 Å². The van der Waals surface area contributed by atoms with E-state index in [0.29, 0.717) is 5.89 Å². The standard InChI is InChI=1S/C66H49NO/c1-64(2)53-18-10-7-15-43(53)46-30-28-41(34-56(46)64)61-48-32-27-40(38-23-25-39(26-24-38)63-67-59-21-13-14-22-60(59)68-63)33-50(48)62(42-29-31-47-44-16-8-11-19-54(44)65(3,4)57(47)35-42)52-37-58-49(36-51(52)61)45-17-9-12-20-55(45)66(58,5)6/h7-37H,1-6H3. The first-order chi connectivity index (χ1) is 33.0. The summed E-state index contributed by atoms with van der Waals surface area (Å²) in [6.07, 6.45) is 0. The summed E-state index contributed by atoms with van der Waals surface area (Å²) in [5.74, 6) is 0.634. The molecule has 0 saturated heterocycles. The zero-order valence-corrected chi connectivity index (χ0v) is 39.3. The van der Waals surface area contributed by atoms with Gasteiger partial charge in [-0.05, 0) is 176 Å². The van der Waals surface area contributed by atoms with Crippen LogP contribution in [0.2, 0.25) is 0 Å². The van der Waals surface area contributed by atoms with Crippen LogP contribution in [0.5, 0.6) is 0 Å². The minimum atomic E-state index is -0.171. The van der Waals surface area contributed by atoms with Gasteiger partial charge in [-0.3, -0.25) is 0 Å². The maximum absolute atomic E-state index is 6.20. The van der Waals surface area contributed by atoms with Crippen LogP contribution in [0.3, 0.4) is 0 Å². The van der Waals surface area contributed by atoms with E-state index in [-0.39, 0.29) is 16.2 Å². The first kappa shape index (κ1) is 39.4. The Balaban J connectivity index is 1.07. The zero-order valence-electron chi connectivity index (χ0n) is 39.3. The molecule has 3 aliphatic rings. The monoisotopic (exact) mass is 871 g/mol. The van der Waals surface area contributed by atoms with E-state index >= 15 is 0 Å². The van der Waals surface area contributed by atoms with Gasteiger partial charge in [0.15, 0.2) is 5.58 Å². The van der Waals surface area contributed by atoms with Crippen molar-refractivity contribution in [1.82, 2.24) is 4.98 Å². The molecule has 2 nitrogen and oxygen atoms in total. The topological polar surface area (TPSA) is 26.0 Å². The lowest BCUT2D eigenvalue weighted by molar-refractivity contribution is 0.620. The number of nitrogens with zero attached hydrogens (tertiary/aromatic N) is 1. The predicted octanol–water partition coefficient (Wildman–Crippen LogP) is 17.7. The lowest BCUT2D eigenvalue weighted by atomic mass is 9.77.